The Kier molecular flexibility index (Phi) is 17.3. The summed E-state index contributed by atoms with van der Waals surface area (Å²) in [5, 5.41) is 8.45. The van der Waals surface area contributed by atoms with E-state index in [0.717, 1.165) is 34.4 Å². The highest BCUT2D eigenvalue weighted by Crippen LogP contribution is 2.42. The topological polar surface area (TPSA) is 207 Å². The molecule has 0 radical (unpaired) electrons. The van der Waals surface area contributed by atoms with Gasteiger partial charge in [-0.25, -0.2) is 17.9 Å². The molecule has 344 valence electrons. The lowest BCUT2D eigenvalue weighted by Gasteiger charge is -2.35. The van der Waals surface area contributed by atoms with E-state index in [9.17, 15) is 27.6 Å². The van der Waals surface area contributed by atoms with Crippen LogP contribution in [0.25, 0.3) is 0 Å². The summed E-state index contributed by atoms with van der Waals surface area (Å²) in [5.41, 5.74) is 9.41. The third-order valence-corrected chi connectivity index (χ3v) is 12.5. The molecule has 63 heavy (non-hydrogen) atoms. The van der Waals surface area contributed by atoms with E-state index in [2.05, 4.69) is 25.7 Å². The van der Waals surface area contributed by atoms with Gasteiger partial charge in [-0.2, -0.15) is 0 Å². The van der Waals surface area contributed by atoms with Crippen LogP contribution in [0.3, 0.4) is 0 Å². The SMILES string of the molecule is Cc1c(C)c(S(=O)(=O)NC(N)=NCCCC[C@H](NC(=O)[C@H](CC(C)C)NC(=O)[C@H](Cc2ccccc2)NC(=O)OC(C)(C)C)C(=O)Cc2ccccc2)c(C)c2c1OC(C)(C)CC2. The van der Waals surface area contributed by atoms with E-state index in [1.165, 1.54) is 0 Å². The number of unbranched alkanes of at least 4 members (excludes halogenated alkanes) is 1. The van der Waals surface area contributed by atoms with Gasteiger partial charge in [0.1, 0.15) is 29.0 Å². The summed E-state index contributed by atoms with van der Waals surface area (Å²) in [4.78, 5) is 59.1. The highest BCUT2D eigenvalue weighted by atomic mass is 32.2. The molecule has 3 aromatic carbocycles. The fourth-order valence-corrected chi connectivity index (χ4v) is 9.15. The summed E-state index contributed by atoms with van der Waals surface area (Å²) in [6.07, 6.45) is 2.28. The van der Waals surface area contributed by atoms with Crippen LogP contribution in [0.5, 0.6) is 5.75 Å². The van der Waals surface area contributed by atoms with Gasteiger partial charge in [0.25, 0.3) is 10.0 Å². The van der Waals surface area contributed by atoms with Gasteiger partial charge < -0.3 is 31.2 Å². The minimum Gasteiger partial charge on any atom is -0.487 e. The van der Waals surface area contributed by atoms with Gasteiger partial charge in [0, 0.05) is 19.4 Å². The number of carbonyl (C=O) groups excluding carboxylic acids is 4. The second kappa shape index (κ2) is 21.8. The zero-order chi connectivity index (χ0) is 46.7. The number of carbonyl (C=O) groups is 4. The van der Waals surface area contributed by atoms with Crippen molar-refractivity contribution in [2.45, 2.75) is 155 Å². The minimum absolute atomic E-state index is 0.0165. The number of ether oxygens (including phenoxy) is 2. The van der Waals surface area contributed by atoms with Gasteiger partial charge in [0.05, 0.1) is 10.9 Å². The quantitative estimate of drug-likeness (QED) is 0.0509. The first-order chi connectivity index (χ1) is 29.5. The number of nitrogens with one attached hydrogen (secondary N) is 4. The van der Waals surface area contributed by atoms with E-state index in [4.69, 9.17) is 15.2 Å². The molecule has 0 unspecified atom stereocenters. The predicted octanol–water partition coefficient (Wildman–Crippen LogP) is 6.44. The Morgan fingerprint density at radius 2 is 1.41 bits per heavy atom. The summed E-state index contributed by atoms with van der Waals surface area (Å²) >= 11 is 0. The van der Waals surface area contributed by atoms with Crippen LogP contribution < -0.4 is 31.1 Å². The van der Waals surface area contributed by atoms with E-state index in [1.54, 1.807) is 34.6 Å². The molecule has 15 heteroatoms. The second-order valence-corrected chi connectivity index (χ2v) is 20.1. The number of guanidine groups is 1. The van der Waals surface area contributed by atoms with Gasteiger partial charge in [-0.15, -0.1) is 0 Å². The number of aliphatic imine (C=N–C) groups is 1. The maximum Gasteiger partial charge on any atom is 0.408 e. The lowest BCUT2D eigenvalue weighted by atomic mass is 9.88. The number of ketones is 1. The van der Waals surface area contributed by atoms with Gasteiger partial charge in [-0.1, -0.05) is 74.5 Å². The number of Topliss-reactive ketones (excluding diaryl/α,β-unsaturated/α-hetero) is 1. The Morgan fingerprint density at radius 1 is 0.825 bits per heavy atom. The van der Waals surface area contributed by atoms with Crippen molar-refractivity contribution in [2.24, 2.45) is 16.6 Å². The average molecular weight is 889 g/mol. The Hall–Kier alpha value is -5.44. The molecule has 4 rings (SSSR count). The van der Waals surface area contributed by atoms with E-state index in [1.807, 2.05) is 95.3 Å². The predicted molar refractivity (Wildman–Crippen MR) is 246 cm³/mol. The molecule has 1 aliphatic rings. The number of amides is 3. The summed E-state index contributed by atoms with van der Waals surface area (Å²) < 4.78 is 41.6. The molecular formula is C48H68N6O8S. The van der Waals surface area contributed by atoms with Crippen molar-refractivity contribution in [3.63, 3.8) is 0 Å². The first-order valence-electron chi connectivity index (χ1n) is 21.8. The normalized spacial score (nSPS) is 15.3. The Bertz CT molecular complexity index is 2220. The first kappa shape index (κ1) is 50.2. The number of nitrogens with two attached hydrogens (primary N) is 1. The van der Waals surface area contributed by atoms with Crippen LogP contribution in [-0.2, 0) is 48.4 Å². The summed E-state index contributed by atoms with van der Waals surface area (Å²) in [7, 11) is -4.09. The maximum absolute atomic E-state index is 14.1. The molecule has 0 saturated carbocycles. The number of hydrogen-bond acceptors (Lipinski definition) is 9. The molecule has 0 spiro atoms. The third-order valence-electron chi connectivity index (χ3n) is 10.9. The molecule has 0 fully saturated rings. The van der Waals surface area contributed by atoms with Gasteiger partial charge >= 0.3 is 6.09 Å². The number of hydrogen-bond donors (Lipinski definition) is 5. The molecule has 0 aromatic heterocycles. The van der Waals surface area contributed by atoms with Crippen molar-refractivity contribution in [1.29, 1.82) is 0 Å². The molecule has 0 aliphatic carbocycles. The zero-order valence-electron chi connectivity index (χ0n) is 38.6. The largest absolute Gasteiger partial charge is 0.487 e. The molecule has 6 N–H and O–H groups in total. The Morgan fingerprint density at radius 3 is 2.02 bits per heavy atom. The van der Waals surface area contributed by atoms with E-state index < -0.39 is 51.7 Å². The molecule has 3 atom stereocenters. The number of rotatable bonds is 19. The first-order valence-corrected chi connectivity index (χ1v) is 23.3. The maximum atomic E-state index is 14.1. The molecule has 3 amide bonds. The van der Waals surface area contributed by atoms with Gasteiger partial charge in [-0.05, 0) is 133 Å². The van der Waals surface area contributed by atoms with Crippen LogP contribution in [0.2, 0.25) is 0 Å². The number of alkyl carbamates (subject to hydrolysis) is 1. The fourth-order valence-electron chi connectivity index (χ4n) is 7.62. The van der Waals surface area contributed by atoms with Crippen molar-refractivity contribution < 1.29 is 37.1 Å². The Labute approximate surface area is 374 Å². The molecule has 1 heterocycles. The third kappa shape index (κ3) is 15.1. The highest BCUT2D eigenvalue weighted by Gasteiger charge is 2.34. The average Bonchev–Trinajstić information content (AvgIpc) is 3.18. The van der Waals surface area contributed by atoms with Gasteiger partial charge in [0.15, 0.2) is 5.78 Å². The van der Waals surface area contributed by atoms with Crippen LogP contribution >= 0.6 is 0 Å². The van der Waals surface area contributed by atoms with Crippen LogP contribution in [0.15, 0.2) is 70.6 Å². The van der Waals surface area contributed by atoms with Crippen LogP contribution in [-0.4, -0.2) is 73.9 Å². The smallest absolute Gasteiger partial charge is 0.408 e. The fraction of sp³-hybridized carbons (Fsp3) is 0.521. The van der Waals surface area contributed by atoms with Crippen molar-refractivity contribution in [1.82, 2.24) is 20.7 Å². The number of sulfonamides is 1. The molecule has 3 aromatic rings. The van der Waals surface area contributed by atoms with Crippen LogP contribution in [0, 0.1) is 26.7 Å². The summed E-state index contributed by atoms with van der Waals surface area (Å²) in [6.45, 7) is 18.6. The standard InChI is InChI=1S/C48H68N6O8S/c1-30(2)27-38(52-44(57)39(28-34-19-13-11-14-20-34)53-46(58)62-47(6,7)8)43(56)51-37(40(55)29-35-21-15-12-16-22-35)23-17-18-26-50-45(49)54-63(59,60)42-32(4)31(3)41-36(33(42)5)24-25-48(9,10)61-41/h11-16,19-22,30,37-39H,17-18,23-29H2,1-10H3,(H,51,56)(H,52,57)(H,53,58)(H3,49,50,54)/t37-,38-,39-/m0/s1. The lowest BCUT2D eigenvalue weighted by Crippen LogP contribution is -2.57. The lowest BCUT2D eigenvalue weighted by molar-refractivity contribution is -0.132. The second-order valence-electron chi connectivity index (χ2n) is 18.5. The van der Waals surface area contributed by atoms with Crippen molar-refractivity contribution >= 4 is 39.7 Å². The number of nitrogens with zero attached hydrogens (tertiary/aromatic N) is 1. The zero-order valence-corrected chi connectivity index (χ0v) is 39.5. The van der Waals surface area contributed by atoms with Crippen molar-refractivity contribution in [3.8, 4) is 5.75 Å². The van der Waals surface area contributed by atoms with Crippen molar-refractivity contribution in [2.75, 3.05) is 6.54 Å². The van der Waals surface area contributed by atoms with E-state index in [-0.39, 0.29) is 60.4 Å². The highest BCUT2D eigenvalue weighted by molar-refractivity contribution is 7.90. The molecule has 14 nitrogen and oxygen atoms in total. The van der Waals surface area contributed by atoms with E-state index in [0.29, 0.717) is 30.4 Å². The van der Waals surface area contributed by atoms with Crippen LogP contribution in [0.1, 0.15) is 114 Å². The van der Waals surface area contributed by atoms with E-state index >= 15 is 0 Å². The Balaban J connectivity index is 1.46. The number of benzene rings is 3. The van der Waals surface area contributed by atoms with Gasteiger partial charge in [-0.3, -0.25) is 19.4 Å². The molecule has 0 bridgehead atoms. The number of fused-ring (bicyclic) bond motifs is 1. The minimum atomic E-state index is -4.09. The monoisotopic (exact) mass is 888 g/mol. The van der Waals surface area contributed by atoms with Gasteiger partial charge in [0.2, 0.25) is 17.8 Å². The van der Waals surface area contributed by atoms with Crippen molar-refractivity contribution in [3.05, 3.63) is 94.0 Å². The molecular weight excluding hydrogens is 821 g/mol. The summed E-state index contributed by atoms with van der Waals surface area (Å²) in [5.74, 6) is -0.863. The van der Waals surface area contributed by atoms with Crippen LogP contribution in [0.4, 0.5) is 4.79 Å². The molecule has 1 aliphatic heterocycles. The summed E-state index contributed by atoms with van der Waals surface area (Å²) in [6, 6.07) is 15.4. The molecule has 0 saturated heterocycles.